The van der Waals surface area contributed by atoms with Crippen LogP contribution in [0.25, 0.3) is 0 Å². The molecule has 2 atom stereocenters. The van der Waals surface area contributed by atoms with Gasteiger partial charge in [0.15, 0.2) is 0 Å². The summed E-state index contributed by atoms with van der Waals surface area (Å²) in [6, 6.07) is 5.40. The fourth-order valence-corrected chi connectivity index (χ4v) is 7.11. The highest BCUT2D eigenvalue weighted by molar-refractivity contribution is 5.54. The largest absolute Gasteiger partial charge is 0.416 e. The van der Waals surface area contributed by atoms with Crippen LogP contribution >= 0.6 is 0 Å². The van der Waals surface area contributed by atoms with E-state index in [1.165, 1.54) is 6.42 Å². The molecule has 2 aliphatic heterocycles. The Balaban J connectivity index is 0.000000623. The predicted octanol–water partition coefficient (Wildman–Crippen LogP) is 8.94. The summed E-state index contributed by atoms with van der Waals surface area (Å²) in [6.45, 7) is 12.3. The number of pyridine rings is 1. The van der Waals surface area contributed by atoms with Crippen molar-refractivity contribution in [2.24, 2.45) is 11.3 Å². The van der Waals surface area contributed by atoms with E-state index in [0.717, 1.165) is 91.1 Å². The zero-order chi connectivity index (χ0) is 29.6. The molecule has 4 aliphatic rings. The van der Waals surface area contributed by atoms with E-state index in [2.05, 4.69) is 34.6 Å². The van der Waals surface area contributed by atoms with Crippen molar-refractivity contribution in [2.45, 2.75) is 122 Å². The number of hydrogen-bond acceptors (Lipinski definition) is 4. The van der Waals surface area contributed by atoms with E-state index in [-0.39, 0.29) is 11.3 Å². The van der Waals surface area contributed by atoms with E-state index in [4.69, 9.17) is 14.5 Å². The van der Waals surface area contributed by atoms with Crippen molar-refractivity contribution >= 4 is 0 Å². The average Bonchev–Trinajstić information content (AvgIpc) is 3.53. The molecule has 0 bridgehead atoms. The first kappa shape index (κ1) is 30.5. The number of rotatable bonds is 3. The topological polar surface area (TPSA) is 51.6 Å². The van der Waals surface area contributed by atoms with E-state index in [1.807, 2.05) is 0 Å². The van der Waals surface area contributed by atoms with Gasteiger partial charge in [-0.1, -0.05) is 66.0 Å². The maximum Gasteiger partial charge on any atom is 0.416 e. The van der Waals surface area contributed by atoms with Gasteiger partial charge in [-0.2, -0.15) is 13.2 Å². The second-order valence-corrected chi connectivity index (χ2v) is 13.7. The molecule has 1 spiro atoms. The van der Waals surface area contributed by atoms with Gasteiger partial charge in [-0.05, 0) is 73.1 Å². The molecular formula is C34H46F3NO3. The lowest BCUT2D eigenvalue weighted by Crippen LogP contribution is -2.32. The van der Waals surface area contributed by atoms with Crippen LogP contribution in [0.5, 0.6) is 0 Å². The number of halogens is 3. The minimum Gasteiger partial charge on any atom is -0.388 e. The number of fused-ring (bicyclic) bond motifs is 4. The van der Waals surface area contributed by atoms with Gasteiger partial charge >= 0.3 is 6.18 Å². The minimum absolute atomic E-state index is 0.0598. The molecule has 226 valence electrons. The van der Waals surface area contributed by atoms with Crippen LogP contribution in [0.3, 0.4) is 0 Å². The number of benzene rings is 1. The molecule has 7 heteroatoms. The van der Waals surface area contributed by atoms with Crippen LogP contribution in [0.4, 0.5) is 13.2 Å². The lowest BCUT2D eigenvalue weighted by molar-refractivity contribution is -0.137. The van der Waals surface area contributed by atoms with Crippen molar-refractivity contribution in [1.29, 1.82) is 0 Å². The van der Waals surface area contributed by atoms with Gasteiger partial charge in [0.1, 0.15) is 6.10 Å². The summed E-state index contributed by atoms with van der Waals surface area (Å²) in [7, 11) is 0. The van der Waals surface area contributed by atoms with Gasteiger partial charge in [0, 0.05) is 36.0 Å². The lowest BCUT2D eigenvalue weighted by Gasteiger charge is -2.38. The van der Waals surface area contributed by atoms with Crippen LogP contribution in [0.15, 0.2) is 24.3 Å². The third-order valence-electron chi connectivity index (χ3n) is 9.54. The maximum atomic E-state index is 13.3. The summed E-state index contributed by atoms with van der Waals surface area (Å²) in [5.74, 6) is 1.09. The Bertz CT molecular complexity index is 1210. The highest BCUT2D eigenvalue weighted by Crippen LogP contribution is 2.60. The first-order valence-electron chi connectivity index (χ1n) is 15.5. The van der Waals surface area contributed by atoms with Crippen LogP contribution < -0.4 is 0 Å². The third-order valence-corrected chi connectivity index (χ3v) is 9.54. The van der Waals surface area contributed by atoms with Crippen LogP contribution in [0, 0.1) is 11.3 Å². The van der Waals surface area contributed by atoms with Crippen molar-refractivity contribution in [1.82, 2.24) is 4.98 Å². The summed E-state index contributed by atoms with van der Waals surface area (Å²) in [5, 5.41) is 11.4. The Morgan fingerprint density at radius 2 is 1.63 bits per heavy atom. The molecule has 2 aromatic rings. The normalized spacial score (nSPS) is 25.1. The van der Waals surface area contributed by atoms with Gasteiger partial charge < -0.3 is 14.6 Å². The van der Waals surface area contributed by atoms with Crippen LogP contribution in [0.2, 0.25) is 0 Å². The number of alkyl halides is 3. The first-order chi connectivity index (χ1) is 19.3. The van der Waals surface area contributed by atoms with E-state index in [0.29, 0.717) is 25.2 Å². The zero-order valence-electron chi connectivity index (χ0n) is 25.2. The van der Waals surface area contributed by atoms with Gasteiger partial charge in [0.05, 0.1) is 23.0 Å². The van der Waals surface area contributed by atoms with E-state index < -0.39 is 29.5 Å². The third kappa shape index (κ3) is 6.09. The molecule has 3 heterocycles. The Morgan fingerprint density at radius 1 is 1.02 bits per heavy atom. The quantitative estimate of drug-likeness (QED) is 0.398. The fourth-order valence-electron chi connectivity index (χ4n) is 7.11. The monoisotopic (exact) mass is 573 g/mol. The first-order valence-corrected chi connectivity index (χ1v) is 15.5. The molecule has 6 rings (SSSR count). The molecule has 1 aromatic heterocycles. The summed E-state index contributed by atoms with van der Waals surface area (Å²) in [4.78, 5) is 5.27. The number of aliphatic hydroxyl groups is 1. The van der Waals surface area contributed by atoms with Crippen LogP contribution in [-0.4, -0.2) is 23.3 Å². The van der Waals surface area contributed by atoms with E-state index >= 15 is 0 Å². The molecule has 41 heavy (non-hydrogen) atoms. The molecular weight excluding hydrogens is 527 g/mol. The van der Waals surface area contributed by atoms with E-state index in [9.17, 15) is 18.3 Å². The molecule has 0 amide bonds. The predicted molar refractivity (Wildman–Crippen MR) is 154 cm³/mol. The molecule has 1 saturated heterocycles. The van der Waals surface area contributed by atoms with Crippen molar-refractivity contribution < 1.29 is 27.8 Å². The van der Waals surface area contributed by atoms with Gasteiger partial charge in [-0.3, -0.25) is 4.98 Å². The zero-order valence-corrected chi connectivity index (χ0v) is 25.2. The van der Waals surface area contributed by atoms with Crippen molar-refractivity contribution in [3.63, 3.8) is 0 Å². The number of ether oxygens (including phenoxy) is 2. The molecule has 2 aliphatic carbocycles. The highest BCUT2D eigenvalue weighted by Gasteiger charge is 2.53. The second-order valence-electron chi connectivity index (χ2n) is 13.7. The summed E-state index contributed by atoms with van der Waals surface area (Å²) in [5.41, 5.74) is 4.48. The number of aliphatic hydroxyl groups excluding tert-OH is 1. The molecule has 0 radical (unpaired) electrons. The fraction of sp³-hybridized carbons (Fsp3) is 0.676. The average molecular weight is 574 g/mol. The Hall–Kier alpha value is -1.96. The lowest BCUT2D eigenvalue weighted by atomic mass is 9.70. The SMILES string of the molecule is CC1(C)Cc2nc(C3CCOCC3)c3c(c2C(O)C1)C1(CCCC1)O[C@H]3c1ccc(C(F)(F)F)cc1.CCC(C)C. The number of hydrogen-bond donors (Lipinski definition) is 1. The summed E-state index contributed by atoms with van der Waals surface area (Å²) in [6.07, 6.45) is 2.76. The van der Waals surface area contributed by atoms with Crippen molar-refractivity contribution in [3.8, 4) is 0 Å². The molecule has 2 fully saturated rings. The van der Waals surface area contributed by atoms with Gasteiger partial charge in [-0.15, -0.1) is 0 Å². The highest BCUT2D eigenvalue weighted by atomic mass is 19.4. The second kappa shape index (κ2) is 11.6. The Kier molecular flexibility index (Phi) is 8.64. The summed E-state index contributed by atoms with van der Waals surface area (Å²) >= 11 is 0. The molecule has 4 nitrogen and oxygen atoms in total. The smallest absolute Gasteiger partial charge is 0.388 e. The molecule has 1 unspecified atom stereocenters. The van der Waals surface area contributed by atoms with E-state index in [1.54, 1.807) is 12.1 Å². The number of aromatic nitrogens is 1. The van der Waals surface area contributed by atoms with Gasteiger partial charge in [0.2, 0.25) is 0 Å². The minimum atomic E-state index is -4.38. The molecule has 1 N–H and O–H groups in total. The van der Waals surface area contributed by atoms with Gasteiger partial charge in [0.25, 0.3) is 0 Å². The number of nitrogens with zero attached hydrogens (tertiary/aromatic N) is 1. The van der Waals surface area contributed by atoms with Crippen LogP contribution in [-0.2, 0) is 27.7 Å². The Labute approximate surface area is 243 Å². The van der Waals surface area contributed by atoms with Crippen LogP contribution in [0.1, 0.15) is 143 Å². The Morgan fingerprint density at radius 3 is 2.20 bits per heavy atom. The van der Waals surface area contributed by atoms with Crippen molar-refractivity contribution in [3.05, 3.63) is 63.5 Å². The standard InChI is InChI=1S/C29H34F3NO3.C5H12/c1-27(2)15-20-22(21(34)16-27)24-23(25(33-20)17-9-13-35-14-10-17)26(36-28(24)11-3-4-12-28)18-5-7-19(8-6-18)29(30,31)32;1-4-5(2)3/h5-8,17,21,26,34H,3-4,9-16H2,1-2H3;5H,4H2,1-3H3/t21?,26-;/m0./s1. The molecule has 1 saturated carbocycles. The maximum absolute atomic E-state index is 13.3. The van der Waals surface area contributed by atoms with Crippen molar-refractivity contribution in [2.75, 3.05) is 13.2 Å². The summed E-state index contributed by atoms with van der Waals surface area (Å²) < 4.78 is 52.5. The molecule has 1 aromatic carbocycles. The van der Waals surface area contributed by atoms with Gasteiger partial charge in [-0.25, -0.2) is 0 Å².